The van der Waals surface area contributed by atoms with Crippen molar-refractivity contribution in [2.24, 2.45) is 0 Å². The second kappa shape index (κ2) is 6.06. The molecule has 106 valence electrons. The maximum absolute atomic E-state index is 6.23. The van der Waals surface area contributed by atoms with E-state index < -0.39 is 0 Å². The largest absolute Gasteiger partial charge is 0.493 e. The molecule has 1 atom stereocenters. The zero-order valence-corrected chi connectivity index (χ0v) is 14.2. The average molecular weight is 373 g/mol. The van der Waals surface area contributed by atoms with Gasteiger partial charge >= 0.3 is 0 Å². The van der Waals surface area contributed by atoms with E-state index in [0.717, 1.165) is 34.7 Å². The lowest BCUT2D eigenvalue weighted by molar-refractivity contribution is 0.352. The van der Waals surface area contributed by atoms with Gasteiger partial charge in [-0.15, -0.1) is 11.3 Å². The van der Waals surface area contributed by atoms with Crippen molar-refractivity contribution < 1.29 is 4.74 Å². The summed E-state index contributed by atoms with van der Waals surface area (Å²) >= 11 is 11.6. The van der Waals surface area contributed by atoms with E-state index in [1.807, 2.05) is 19.2 Å². The zero-order chi connectivity index (χ0) is 14.1. The minimum atomic E-state index is 0.260. The molecule has 20 heavy (non-hydrogen) atoms. The van der Waals surface area contributed by atoms with Crippen LogP contribution in [0.1, 0.15) is 22.0 Å². The third-order valence-corrected chi connectivity index (χ3v) is 5.76. The number of hydrogen-bond acceptors (Lipinski definition) is 3. The number of likely N-dealkylation sites (N-methyl/N-ethyl adjacent to an activating group) is 1. The monoisotopic (exact) mass is 371 g/mol. The molecule has 2 nitrogen and oxygen atoms in total. The second-order valence-electron chi connectivity index (χ2n) is 4.83. The van der Waals surface area contributed by atoms with Crippen LogP contribution in [0.25, 0.3) is 0 Å². The highest BCUT2D eigenvalue weighted by molar-refractivity contribution is 9.10. The third-order valence-electron chi connectivity index (χ3n) is 3.56. The molecule has 1 unspecified atom stereocenters. The Balaban J connectivity index is 1.92. The molecule has 0 aliphatic carbocycles. The third kappa shape index (κ3) is 2.75. The van der Waals surface area contributed by atoms with Crippen LogP contribution in [0.15, 0.2) is 28.1 Å². The van der Waals surface area contributed by atoms with Crippen LogP contribution in [0.3, 0.4) is 0 Å². The van der Waals surface area contributed by atoms with E-state index in [0.29, 0.717) is 0 Å². The minimum Gasteiger partial charge on any atom is -0.493 e. The number of benzene rings is 1. The molecule has 0 bridgehead atoms. The normalized spacial score (nSPS) is 14.9. The Bertz CT molecular complexity index is 628. The van der Waals surface area contributed by atoms with Gasteiger partial charge in [0.2, 0.25) is 0 Å². The van der Waals surface area contributed by atoms with Gasteiger partial charge in [-0.2, -0.15) is 0 Å². The first-order chi connectivity index (χ1) is 9.69. The van der Waals surface area contributed by atoms with E-state index in [1.54, 1.807) is 11.3 Å². The molecule has 0 amide bonds. The molecule has 0 saturated heterocycles. The van der Waals surface area contributed by atoms with Gasteiger partial charge < -0.3 is 10.1 Å². The Morgan fingerprint density at radius 1 is 1.50 bits per heavy atom. The standard InChI is InChI=1S/C15H15BrClNOS/c1-18-13(15-12(16)3-5-20-15)8-10-7-11(17)6-9-2-4-19-14(9)10/h3,5-7,13,18H,2,4,8H2,1H3. The summed E-state index contributed by atoms with van der Waals surface area (Å²) in [5.74, 6) is 1.03. The van der Waals surface area contributed by atoms with E-state index in [-0.39, 0.29) is 6.04 Å². The molecule has 3 rings (SSSR count). The maximum atomic E-state index is 6.23. The Morgan fingerprint density at radius 2 is 2.35 bits per heavy atom. The highest BCUT2D eigenvalue weighted by Gasteiger charge is 2.22. The van der Waals surface area contributed by atoms with Gasteiger partial charge in [-0.1, -0.05) is 11.6 Å². The Labute approximate surface area is 136 Å². The first kappa shape index (κ1) is 14.4. The summed E-state index contributed by atoms with van der Waals surface area (Å²) in [6.07, 6.45) is 1.83. The lowest BCUT2D eigenvalue weighted by atomic mass is 10.0. The van der Waals surface area contributed by atoms with Crippen molar-refractivity contribution >= 4 is 38.9 Å². The summed E-state index contributed by atoms with van der Waals surface area (Å²) in [5, 5.41) is 6.28. The van der Waals surface area contributed by atoms with Crippen molar-refractivity contribution in [1.29, 1.82) is 0 Å². The van der Waals surface area contributed by atoms with Crippen LogP contribution in [0.2, 0.25) is 5.02 Å². The van der Waals surface area contributed by atoms with Gasteiger partial charge in [0.15, 0.2) is 0 Å². The molecule has 0 radical (unpaired) electrons. The molecular formula is C15H15BrClNOS. The number of rotatable bonds is 4. The van der Waals surface area contributed by atoms with Crippen molar-refractivity contribution in [3.63, 3.8) is 0 Å². The fraction of sp³-hybridized carbons (Fsp3) is 0.333. The van der Waals surface area contributed by atoms with Crippen LogP contribution < -0.4 is 10.1 Å². The number of fused-ring (bicyclic) bond motifs is 1. The first-order valence-corrected chi connectivity index (χ1v) is 8.58. The maximum Gasteiger partial charge on any atom is 0.125 e. The lowest BCUT2D eigenvalue weighted by Crippen LogP contribution is -2.18. The van der Waals surface area contributed by atoms with Crippen LogP contribution in [-0.4, -0.2) is 13.7 Å². The molecular weight excluding hydrogens is 358 g/mol. The van der Waals surface area contributed by atoms with Crippen LogP contribution in [-0.2, 0) is 12.8 Å². The van der Waals surface area contributed by atoms with Crippen molar-refractivity contribution in [2.45, 2.75) is 18.9 Å². The van der Waals surface area contributed by atoms with Gasteiger partial charge in [-0.05, 0) is 64.1 Å². The smallest absolute Gasteiger partial charge is 0.125 e. The molecule has 0 saturated carbocycles. The summed E-state index contributed by atoms with van der Waals surface area (Å²) < 4.78 is 6.94. The Hall–Kier alpha value is -0.550. The Kier molecular flexibility index (Phi) is 4.36. The van der Waals surface area contributed by atoms with Gasteiger partial charge in [-0.25, -0.2) is 0 Å². The van der Waals surface area contributed by atoms with Crippen molar-refractivity contribution in [3.8, 4) is 5.75 Å². The SMILES string of the molecule is CNC(Cc1cc(Cl)cc2c1OCC2)c1sccc1Br. The summed E-state index contributed by atoms with van der Waals surface area (Å²) in [5.41, 5.74) is 2.41. The second-order valence-corrected chi connectivity index (χ2v) is 7.07. The van der Waals surface area contributed by atoms with E-state index >= 15 is 0 Å². The first-order valence-electron chi connectivity index (χ1n) is 6.53. The predicted molar refractivity (Wildman–Crippen MR) is 88.2 cm³/mol. The van der Waals surface area contributed by atoms with Gasteiger partial charge in [0.25, 0.3) is 0 Å². The fourth-order valence-corrected chi connectivity index (χ4v) is 4.62. The lowest BCUT2D eigenvalue weighted by Gasteiger charge is -2.17. The summed E-state index contributed by atoms with van der Waals surface area (Å²) in [4.78, 5) is 1.30. The highest BCUT2D eigenvalue weighted by Crippen LogP contribution is 2.37. The molecule has 2 aromatic rings. The predicted octanol–water partition coefficient (Wildman–Crippen LogP) is 4.60. The summed E-state index contributed by atoms with van der Waals surface area (Å²) in [6.45, 7) is 0.760. The summed E-state index contributed by atoms with van der Waals surface area (Å²) in [6, 6.07) is 6.39. The van der Waals surface area contributed by atoms with Gasteiger partial charge in [0.05, 0.1) is 6.61 Å². The zero-order valence-electron chi connectivity index (χ0n) is 11.1. The van der Waals surface area contributed by atoms with E-state index in [1.165, 1.54) is 16.0 Å². The molecule has 0 fully saturated rings. The molecule has 2 heterocycles. The average Bonchev–Trinajstić information content (AvgIpc) is 3.04. The van der Waals surface area contributed by atoms with Crippen LogP contribution in [0.4, 0.5) is 0 Å². The molecule has 1 aliphatic heterocycles. The topological polar surface area (TPSA) is 21.3 Å². The molecule has 1 aliphatic rings. The Morgan fingerprint density at radius 3 is 3.05 bits per heavy atom. The number of halogens is 2. The van der Waals surface area contributed by atoms with Crippen LogP contribution >= 0.6 is 38.9 Å². The van der Waals surface area contributed by atoms with Gasteiger partial charge in [0, 0.05) is 26.8 Å². The molecule has 1 aromatic carbocycles. The van der Waals surface area contributed by atoms with Crippen molar-refractivity contribution in [3.05, 3.63) is 49.1 Å². The number of hydrogen-bond donors (Lipinski definition) is 1. The quantitative estimate of drug-likeness (QED) is 0.846. The highest BCUT2D eigenvalue weighted by atomic mass is 79.9. The van der Waals surface area contributed by atoms with E-state index in [2.05, 4.69) is 32.7 Å². The van der Waals surface area contributed by atoms with E-state index in [4.69, 9.17) is 16.3 Å². The number of nitrogens with one attached hydrogen (secondary N) is 1. The summed E-state index contributed by atoms with van der Waals surface area (Å²) in [7, 11) is 1.99. The van der Waals surface area contributed by atoms with Crippen LogP contribution in [0, 0.1) is 0 Å². The van der Waals surface area contributed by atoms with Crippen molar-refractivity contribution in [1.82, 2.24) is 5.32 Å². The van der Waals surface area contributed by atoms with Gasteiger partial charge in [-0.3, -0.25) is 0 Å². The van der Waals surface area contributed by atoms with Crippen molar-refractivity contribution in [2.75, 3.05) is 13.7 Å². The molecule has 1 aromatic heterocycles. The van der Waals surface area contributed by atoms with Crippen LogP contribution in [0.5, 0.6) is 5.75 Å². The van der Waals surface area contributed by atoms with E-state index in [9.17, 15) is 0 Å². The molecule has 1 N–H and O–H groups in total. The number of ether oxygens (including phenoxy) is 1. The molecule has 5 heteroatoms. The molecule has 0 spiro atoms. The minimum absolute atomic E-state index is 0.260. The number of thiophene rings is 1. The van der Waals surface area contributed by atoms with Gasteiger partial charge in [0.1, 0.15) is 5.75 Å². The fourth-order valence-electron chi connectivity index (χ4n) is 2.60.